The number of aliphatic carboxylic acids is 1. The molecule has 0 bridgehead atoms. The number of fused-ring (bicyclic) bond motifs is 2. The maximum Gasteiger partial charge on any atom is 0.325 e. The van der Waals surface area contributed by atoms with Crippen LogP contribution in [0.1, 0.15) is 43.2 Å². The SMILES string of the molecule is O=C1C2C(C=Cc3ccccc3)NC(Cc3c[nH]c4ccccc34)(C(=O)O)C2C(=O)N1C1CCCCC1. The van der Waals surface area contributed by atoms with Gasteiger partial charge in [0.05, 0.1) is 11.8 Å². The molecule has 3 heterocycles. The van der Waals surface area contributed by atoms with E-state index in [0.717, 1.165) is 54.1 Å². The van der Waals surface area contributed by atoms with E-state index < -0.39 is 29.4 Å². The van der Waals surface area contributed by atoms with E-state index in [-0.39, 0.29) is 24.3 Å². The first-order chi connectivity index (χ1) is 18.0. The van der Waals surface area contributed by atoms with Crippen molar-refractivity contribution in [1.82, 2.24) is 15.2 Å². The molecular formula is C30H31N3O4. The Bertz CT molecular complexity index is 1370. The van der Waals surface area contributed by atoms with Gasteiger partial charge >= 0.3 is 5.97 Å². The number of carbonyl (C=O) groups excluding carboxylic acids is 2. The van der Waals surface area contributed by atoms with E-state index in [0.29, 0.717) is 0 Å². The number of benzene rings is 2. The predicted octanol–water partition coefficient (Wildman–Crippen LogP) is 4.15. The third kappa shape index (κ3) is 3.89. The predicted molar refractivity (Wildman–Crippen MR) is 140 cm³/mol. The van der Waals surface area contributed by atoms with Crippen LogP contribution in [0.5, 0.6) is 0 Å². The van der Waals surface area contributed by atoms with Gasteiger partial charge in [-0.3, -0.25) is 24.6 Å². The molecule has 2 amide bonds. The first-order valence-electron chi connectivity index (χ1n) is 13.2. The Labute approximate surface area is 215 Å². The molecule has 3 N–H and O–H groups in total. The highest BCUT2D eigenvalue weighted by Crippen LogP contribution is 2.47. The molecule has 1 saturated carbocycles. The quantitative estimate of drug-likeness (QED) is 0.444. The average molecular weight is 498 g/mol. The van der Waals surface area contributed by atoms with Crippen molar-refractivity contribution in [3.63, 3.8) is 0 Å². The second kappa shape index (κ2) is 9.30. The normalized spacial score (nSPS) is 28.4. The van der Waals surface area contributed by atoms with Crippen molar-refractivity contribution in [2.45, 2.75) is 56.1 Å². The Balaban J connectivity index is 1.43. The molecule has 2 aliphatic heterocycles. The molecule has 3 aromatic rings. The smallest absolute Gasteiger partial charge is 0.325 e. The van der Waals surface area contributed by atoms with Gasteiger partial charge in [-0.2, -0.15) is 0 Å². The van der Waals surface area contributed by atoms with Crippen LogP contribution in [-0.2, 0) is 20.8 Å². The maximum atomic E-state index is 14.0. The Morgan fingerprint density at radius 3 is 2.49 bits per heavy atom. The molecule has 2 saturated heterocycles. The minimum atomic E-state index is -1.60. The topological polar surface area (TPSA) is 102 Å². The number of hydrogen-bond donors (Lipinski definition) is 3. The van der Waals surface area contributed by atoms with Gasteiger partial charge in [0.1, 0.15) is 5.54 Å². The standard InChI is InChI=1S/C30H31N3O4/c34-27-25-24(16-15-19-9-3-1-4-10-19)32-30(29(36)37,17-20-18-31-23-14-8-7-13-22(20)23)26(25)28(35)33(27)21-11-5-2-6-12-21/h1,3-4,7-10,13-16,18,21,24-26,31-32H,2,5-6,11-12,17H2,(H,36,37). The number of para-hydroxylation sites is 1. The summed E-state index contributed by atoms with van der Waals surface area (Å²) in [6.07, 6.45) is 10.3. The highest BCUT2D eigenvalue weighted by atomic mass is 16.4. The van der Waals surface area contributed by atoms with Crippen LogP contribution < -0.4 is 5.32 Å². The molecule has 4 unspecified atom stereocenters. The van der Waals surface area contributed by atoms with E-state index in [1.54, 1.807) is 0 Å². The van der Waals surface area contributed by atoms with Crippen LogP contribution in [0.2, 0.25) is 0 Å². The van der Waals surface area contributed by atoms with Crippen molar-refractivity contribution in [3.05, 3.63) is 78.0 Å². The number of aromatic amines is 1. The lowest BCUT2D eigenvalue weighted by atomic mass is 9.76. The number of rotatable bonds is 6. The summed E-state index contributed by atoms with van der Waals surface area (Å²) >= 11 is 0. The third-order valence-corrected chi connectivity index (χ3v) is 8.49. The number of carboxylic acid groups (broad SMARTS) is 1. The largest absolute Gasteiger partial charge is 0.480 e. The van der Waals surface area contributed by atoms with Gasteiger partial charge in [-0.15, -0.1) is 0 Å². The molecule has 1 aromatic heterocycles. The van der Waals surface area contributed by atoms with E-state index >= 15 is 0 Å². The molecule has 0 radical (unpaired) electrons. The Kier molecular flexibility index (Phi) is 5.95. The highest BCUT2D eigenvalue weighted by molar-refractivity contribution is 6.10. The van der Waals surface area contributed by atoms with Gasteiger partial charge in [-0.05, 0) is 30.0 Å². The molecular weight excluding hydrogens is 466 g/mol. The molecule has 4 atom stereocenters. The van der Waals surface area contributed by atoms with Crippen molar-refractivity contribution in [2.24, 2.45) is 11.8 Å². The third-order valence-electron chi connectivity index (χ3n) is 8.49. The van der Waals surface area contributed by atoms with Crippen LogP contribution in [0.15, 0.2) is 66.9 Å². The van der Waals surface area contributed by atoms with Crippen LogP contribution in [0, 0.1) is 11.8 Å². The molecule has 1 aliphatic carbocycles. The van der Waals surface area contributed by atoms with Crippen LogP contribution in [-0.4, -0.2) is 50.4 Å². The Morgan fingerprint density at radius 1 is 1.00 bits per heavy atom. The number of amides is 2. The zero-order chi connectivity index (χ0) is 25.6. The molecule has 2 aromatic carbocycles. The molecule has 190 valence electrons. The summed E-state index contributed by atoms with van der Waals surface area (Å²) in [5.41, 5.74) is 1.07. The number of imide groups is 1. The number of carbonyl (C=O) groups is 3. The molecule has 0 spiro atoms. The Morgan fingerprint density at radius 2 is 1.73 bits per heavy atom. The lowest BCUT2D eigenvalue weighted by Crippen LogP contribution is -2.58. The number of aromatic nitrogens is 1. The lowest BCUT2D eigenvalue weighted by Gasteiger charge is -2.34. The van der Waals surface area contributed by atoms with Gasteiger partial charge < -0.3 is 10.1 Å². The number of nitrogens with one attached hydrogen (secondary N) is 2. The van der Waals surface area contributed by atoms with Gasteiger partial charge in [-0.1, -0.05) is 79.9 Å². The average Bonchev–Trinajstić information content (AvgIpc) is 3.56. The highest BCUT2D eigenvalue weighted by Gasteiger charge is 2.68. The number of carboxylic acids is 1. The maximum absolute atomic E-state index is 14.0. The van der Waals surface area contributed by atoms with Crippen LogP contribution >= 0.6 is 0 Å². The van der Waals surface area contributed by atoms with Crippen LogP contribution in [0.4, 0.5) is 0 Å². The summed E-state index contributed by atoms with van der Waals surface area (Å²) in [4.78, 5) is 45.6. The first kappa shape index (κ1) is 23.7. The van der Waals surface area contributed by atoms with Crippen molar-refractivity contribution in [2.75, 3.05) is 0 Å². The second-order valence-electron chi connectivity index (χ2n) is 10.6. The van der Waals surface area contributed by atoms with Gasteiger partial charge in [-0.25, -0.2) is 0 Å². The fourth-order valence-electron chi connectivity index (χ4n) is 6.73. The van der Waals surface area contributed by atoms with Crippen molar-refractivity contribution < 1.29 is 19.5 Å². The minimum Gasteiger partial charge on any atom is -0.480 e. The van der Waals surface area contributed by atoms with Crippen LogP contribution in [0.3, 0.4) is 0 Å². The van der Waals surface area contributed by atoms with Crippen molar-refractivity contribution in [3.8, 4) is 0 Å². The zero-order valence-electron chi connectivity index (χ0n) is 20.6. The fourth-order valence-corrected chi connectivity index (χ4v) is 6.73. The molecule has 3 fully saturated rings. The van der Waals surface area contributed by atoms with E-state index in [9.17, 15) is 19.5 Å². The lowest BCUT2D eigenvalue weighted by molar-refractivity contribution is -0.152. The molecule has 37 heavy (non-hydrogen) atoms. The summed E-state index contributed by atoms with van der Waals surface area (Å²) in [5.74, 6) is -3.41. The number of H-pyrrole nitrogens is 1. The van der Waals surface area contributed by atoms with Gasteiger partial charge in [0.15, 0.2) is 0 Å². The van der Waals surface area contributed by atoms with E-state index in [1.165, 1.54) is 4.90 Å². The van der Waals surface area contributed by atoms with Gasteiger partial charge in [0, 0.05) is 35.6 Å². The molecule has 6 rings (SSSR count). The first-order valence-corrected chi connectivity index (χ1v) is 13.2. The summed E-state index contributed by atoms with van der Waals surface area (Å²) in [6, 6.07) is 16.7. The number of hydrogen-bond acceptors (Lipinski definition) is 4. The Hall–Kier alpha value is -3.71. The van der Waals surface area contributed by atoms with Crippen LogP contribution in [0.25, 0.3) is 17.0 Å². The zero-order valence-corrected chi connectivity index (χ0v) is 20.6. The minimum absolute atomic E-state index is 0.0979. The number of nitrogens with zero attached hydrogens (tertiary/aromatic N) is 1. The van der Waals surface area contributed by atoms with E-state index in [1.807, 2.05) is 72.9 Å². The summed E-state index contributed by atoms with van der Waals surface area (Å²) < 4.78 is 0. The summed E-state index contributed by atoms with van der Waals surface area (Å²) in [6.45, 7) is 0. The molecule has 7 nitrogen and oxygen atoms in total. The molecule has 7 heteroatoms. The second-order valence-corrected chi connectivity index (χ2v) is 10.6. The molecule has 3 aliphatic rings. The number of likely N-dealkylation sites (tertiary alicyclic amines) is 1. The van der Waals surface area contributed by atoms with Crippen molar-refractivity contribution >= 4 is 34.8 Å². The van der Waals surface area contributed by atoms with Crippen molar-refractivity contribution in [1.29, 1.82) is 0 Å². The summed E-state index contributed by atoms with van der Waals surface area (Å²) in [7, 11) is 0. The monoisotopic (exact) mass is 497 g/mol. The summed E-state index contributed by atoms with van der Waals surface area (Å²) in [5, 5.41) is 14.9. The van der Waals surface area contributed by atoms with E-state index in [4.69, 9.17) is 0 Å². The fraction of sp³-hybridized carbons (Fsp3) is 0.367. The van der Waals surface area contributed by atoms with Gasteiger partial charge in [0.25, 0.3) is 0 Å². The van der Waals surface area contributed by atoms with E-state index in [2.05, 4.69) is 10.3 Å². The van der Waals surface area contributed by atoms with Gasteiger partial charge in [0.2, 0.25) is 11.8 Å².